The van der Waals surface area contributed by atoms with Crippen LogP contribution in [0.1, 0.15) is 65.3 Å². The lowest BCUT2D eigenvalue weighted by molar-refractivity contribution is -0.326. The lowest BCUT2D eigenvalue weighted by atomic mass is 9.52. The highest BCUT2D eigenvalue weighted by Crippen LogP contribution is 2.61. The van der Waals surface area contributed by atoms with Gasteiger partial charge in [-0.05, 0) is 92.1 Å². The van der Waals surface area contributed by atoms with Gasteiger partial charge in [-0.15, -0.1) is 0 Å². The molecule has 8 rings (SSSR count). The molecule has 2 saturated heterocycles. The van der Waals surface area contributed by atoms with Gasteiger partial charge in [0, 0.05) is 23.5 Å². The fraction of sp³-hybridized carbons (Fsp3) is 0.568. The highest BCUT2D eigenvalue weighted by molar-refractivity contribution is 6.11. The number of benzene rings is 2. The largest absolute Gasteiger partial charge is 0.507 e. The van der Waals surface area contributed by atoms with E-state index in [1.165, 1.54) is 25.0 Å². The predicted molar refractivity (Wildman–Crippen MR) is 173 cm³/mol. The number of hydrogen-bond acceptors (Lipinski definition) is 11. The summed E-state index contributed by atoms with van der Waals surface area (Å²) in [7, 11) is 0. The van der Waals surface area contributed by atoms with E-state index in [0.29, 0.717) is 36.7 Å². The van der Waals surface area contributed by atoms with Crippen molar-refractivity contribution >= 4 is 22.5 Å². The first kappa shape index (κ1) is 32.7. The molecule has 1 spiro atoms. The predicted octanol–water partition coefficient (Wildman–Crippen LogP) is 3.37. The third-order valence-corrected chi connectivity index (χ3v) is 12.4. The summed E-state index contributed by atoms with van der Waals surface area (Å²) < 4.78 is 25.0. The van der Waals surface area contributed by atoms with Crippen LogP contribution in [0.4, 0.5) is 0 Å². The van der Waals surface area contributed by atoms with E-state index < -0.39 is 60.1 Å². The number of hydrogen-bond donors (Lipinski definition) is 6. The maximum absolute atomic E-state index is 12.5. The Bertz CT molecular complexity index is 1810. The number of aromatic hydroxyl groups is 2. The number of carbonyl (C=O) groups excluding carboxylic acids is 1. The number of carbonyl (C=O) groups is 2. The molecule has 0 aromatic heterocycles. The van der Waals surface area contributed by atoms with E-state index in [0.717, 1.165) is 50.0 Å². The molecule has 0 bridgehead atoms. The van der Waals surface area contributed by atoms with Crippen LogP contribution in [0.2, 0.25) is 0 Å². The molecule has 0 unspecified atom stereocenters. The lowest BCUT2D eigenvalue weighted by Gasteiger charge is -2.56. The number of ether oxygens (including phenoxy) is 4. The van der Waals surface area contributed by atoms with Gasteiger partial charge in [0.2, 0.25) is 6.29 Å². The van der Waals surface area contributed by atoms with Crippen molar-refractivity contribution < 1.29 is 59.2 Å². The fourth-order valence-electron chi connectivity index (χ4n) is 10.3. The minimum Gasteiger partial charge on any atom is -0.507 e. The molecular weight excluding hydrogens is 636 g/mol. The van der Waals surface area contributed by atoms with Gasteiger partial charge in [-0.1, -0.05) is 12.5 Å². The number of allylic oxidation sites excluding steroid dienone is 2. The van der Waals surface area contributed by atoms with Crippen molar-refractivity contribution in [3.05, 3.63) is 51.6 Å². The molecule has 4 fully saturated rings. The lowest BCUT2D eigenvalue weighted by Crippen LogP contribution is -2.69. The summed E-state index contributed by atoms with van der Waals surface area (Å²) in [5, 5.41) is 66.3. The topological polar surface area (TPSA) is 192 Å². The quantitative estimate of drug-likeness (QED) is 0.200. The number of fused-ring (bicyclic) bond motifs is 3. The Morgan fingerprint density at radius 2 is 1.88 bits per heavy atom. The molecule has 3 aliphatic carbocycles. The molecule has 12 heteroatoms. The molecule has 12 nitrogen and oxygen atoms in total. The first-order chi connectivity index (χ1) is 23.5. The molecule has 10 atom stereocenters. The summed E-state index contributed by atoms with van der Waals surface area (Å²) in [6, 6.07) is 2.23. The van der Waals surface area contributed by atoms with Gasteiger partial charge < -0.3 is 49.6 Å². The Morgan fingerprint density at radius 1 is 1.08 bits per heavy atom. The molecule has 6 aliphatic rings. The number of carboxylic acids is 1. The molecule has 0 amide bonds. The van der Waals surface area contributed by atoms with Crippen LogP contribution in [-0.4, -0.2) is 99.0 Å². The van der Waals surface area contributed by atoms with Crippen molar-refractivity contribution in [3.63, 3.8) is 0 Å². The highest BCUT2D eigenvalue weighted by Gasteiger charge is 2.62. The van der Waals surface area contributed by atoms with Crippen molar-refractivity contribution in [2.24, 2.45) is 29.6 Å². The number of aliphatic hydroxyl groups is 3. The second-order valence-corrected chi connectivity index (χ2v) is 14.7. The maximum atomic E-state index is 12.5. The Kier molecular flexibility index (Phi) is 7.86. The zero-order valence-electron chi connectivity index (χ0n) is 27.4. The van der Waals surface area contributed by atoms with Crippen LogP contribution in [0.15, 0.2) is 34.9 Å². The van der Waals surface area contributed by atoms with Crippen molar-refractivity contribution in [1.29, 1.82) is 0 Å². The van der Waals surface area contributed by atoms with Crippen molar-refractivity contribution in [3.8, 4) is 17.2 Å². The summed E-state index contributed by atoms with van der Waals surface area (Å²) in [4.78, 5) is 24.6. The van der Waals surface area contributed by atoms with Gasteiger partial charge in [-0.3, -0.25) is 4.79 Å². The average molecular weight is 679 g/mol. The van der Waals surface area contributed by atoms with Crippen LogP contribution in [0.3, 0.4) is 0 Å². The molecule has 262 valence electrons. The van der Waals surface area contributed by atoms with Crippen LogP contribution in [-0.2, 0) is 14.2 Å². The van der Waals surface area contributed by atoms with Gasteiger partial charge in [-0.25, -0.2) is 4.79 Å². The van der Waals surface area contributed by atoms with Crippen LogP contribution < -0.4 is 4.74 Å². The molecule has 2 aromatic rings. The zero-order valence-corrected chi connectivity index (χ0v) is 27.4. The van der Waals surface area contributed by atoms with E-state index in [4.69, 9.17) is 18.9 Å². The number of aromatic carboxylic acids is 1. The molecule has 6 N–H and O–H groups in total. The Morgan fingerprint density at radius 3 is 2.61 bits per heavy atom. The Balaban J connectivity index is 1.16. The minimum atomic E-state index is -1.73. The van der Waals surface area contributed by atoms with Gasteiger partial charge in [0.15, 0.2) is 5.78 Å². The second kappa shape index (κ2) is 11.8. The first-order valence-corrected chi connectivity index (χ1v) is 17.2. The van der Waals surface area contributed by atoms with Gasteiger partial charge >= 0.3 is 5.97 Å². The SMILES string of the molecule is CC(=O)c1c(C)c(O)c2cc(C(=O)O)cc(O[C@H]3O[C@H](CO)[C@@]4(C[C@H]5C6=C(CC=C6[C@H]6COC[C@@H]7CCC[C@H]5[C@@H]76)CO4)[C@H](O)[C@H]3O)c2c1O. The normalized spacial score (nSPS) is 36.6. The van der Waals surface area contributed by atoms with E-state index >= 15 is 0 Å². The summed E-state index contributed by atoms with van der Waals surface area (Å²) >= 11 is 0. The summed E-state index contributed by atoms with van der Waals surface area (Å²) in [5.41, 5.74) is 1.80. The van der Waals surface area contributed by atoms with Crippen molar-refractivity contribution in [2.75, 3.05) is 26.4 Å². The number of Topliss-reactive ketones (excluding diaryl/α,β-unsaturated/α-hetero) is 1. The Labute approximate surface area is 282 Å². The van der Waals surface area contributed by atoms with Crippen LogP contribution in [0, 0.1) is 36.5 Å². The monoisotopic (exact) mass is 678 g/mol. The Hall–Kier alpha value is -3.52. The van der Waals surface area contributed by atoms with E-state index in [2.05, 4.69) is 6.08 Å². The second-order valence-electron chi connectivity index (χ2n) is 14.7. The molecule has 2 saturated carbocycles. The van der Waals surface area contributed by atoms with E-state index in [1.807, 2.05) is 0 Å². The van der Waals surface area contributed by atoms with Crippen molar-refractivity contribution in [2.45, 2.75) is 76.2 Å². The van der Waals surface area contributed by atoms with E-state index in [9.17, 15) is 40.2 Å². The molecule has 3 aliphatic heterocycles. The molecule has 3 heterocycles. The average Bonchev–Trinajstić information content (AvgIpc) is 3.43. The third-order valence-electron chi connectivity index (χ3n) is 12.4. The van der Waals surface area contributed by atoms with Crippen LogP contribution in [0.25, 0.3) is 10.8 Å². The standard InChI is InChI=1S/C37H42O12/c1-15-27(16(2)39)32(41)30-22(31(15)40)8-19(35(44)45)9-25(30)48-36-33(42)34(43)37(26(11-38)49-36)10-23-20-5-3-4-17-12-46-14-24(29(17)20)21-7-6-18(13-47-37)28(21)23/h7-9,17,20,23-24,26,29,33-34,36,38,40-43H,3-6,10-14H2,1-2H3,(H,44,45)/t17-,20+,23+,24+,26+,29+,33+,34+,36-,37-/m0/s1. The summed E-state index contributed by atoms with van der Waals surface area (Å²) in [6.07, 6.45) is 0.446. The van der Waals surface area contributed by atoms with Gasteiger partial charge in [0.05, 0.1) is 36.3 Å². The van der Waals surface area contributed by atoms with E-state index in [-0.39, 0.29) is 45.7 Å². The number of phenolic OH excluding ortho intramolecular Hbond substituents is 2. The summed E-state index contributed by atoms with van der Waals surface area (Å²) in [5.74, 6) is -1.62. The number of phenols is 2. The fourth-order valence-corrected chi connectivity index (χ4v) is 10.3. The van der Waals surface area contributed by atoms with E-state index in [1.54, 1.807) is 0 Å². The third kappa shape index (κ3) is 4.71. The summed E-state index contributed by atoms with van der Waals surface area (Å²) in [6.45, 7) is 3.70. The van der Waals surface area contributed by atoms with Crippen molar-refractivity contribution in [1.82, 2.24) is 0 Å². The van der Waals surface area contributed by atoms with Gasteiger partial charge in [-0.2, -0.15) is 0 Å². The van der Waals surface area contributed by atoms with Gasteiger partial charge in [0.1, 0.15) is 41.2 Å². The number of carboxylic acid groups (broad SMARTS) is 1. The number of rotatable bonds is 5. The molecule has 2 aromatic carbocycles. The number of aliphatic hydroxyl groups excluding tert-OH is 3. The molecular formula is C37H42O12. The van der Waals surface area contributed by atoms with Crippen LogP contribution >= 0.6 is 0 Å². The van der Waals surface area contributed by atoms with Gasteiger partial charge in [0.25, 0.3) is 0 Å². The highest BCUT2D eigenvalue weighted by atomic mass is 16.7. The van der Waals surface area contributed by atoms with Crippen LogP contribution in [0.5, 0.6) is 17.2 Å². The smallest absolute Gasteiger partial charge is 0.335 e. The molecule has 49 heavy (non-hydrogen) atoms. The maximum Gasteiger partial charge on any atom is 0.335 e. The zero-order chi connectivity index (χ0) is 34.5. The minimum absolute atomic E-state index is 0.0229. The molecule has 0 radical (unpaired) electrons. The first-order valence-electron chi connectivity index (χ1n) is 17.2. The number of ketones is 1.